The van der Waals surface area contributed by atoms with Gasteiger partial charge in [-0.15, -0.1) is 11.3 Å². The Morgan fingerprint density at radius 1 is 1.21 bits per heavy atom. The van der Waals surface area contributed by atoms with Gasteiger partial charge in [-0.25, -0.2) is 22.5 Å². The van der Waals surface area contributed by atoms with Crippen molar-refractivity contribution in [2.24, 2.45) is 11.3 Å². The highest BCUT2D eigenvalue weighted by Gasteiger charge is 2.55. The average molecular weight is 555 g/mol. The number of aromatic nitrogens is 5. The van der Waals surface area contributed by atoms with Gasteiger partial charge in [-0.2, -0.15) is 14.5 Å². The monoisotopic (exact) mass is 554 g/mol. The van der Waals surface area contributed by atoms with E-state index in [0.717, 1.165) is 23.4 Å². The van der Waals surface area contributed by atoms with Crippen LogP contribution in [0, 0.1) is 17.2 Å². The first kappa shape index (κ1) is 25.1. The van der Waals surface area contributed by atoms with Crippen molar-refractivity contribution < 1.29 is 17.6 Å². The second kappa shape index (κ2) is 9.51. The average Bonchev–Trinajstić information content (AvgIpc) is 3.69. The summed E-state index contributed by atoms with van der Waals surface area (Å²) in [5.41, 5.74) is 1.65. The molecule has 0 bridgehead atoms. The van der Waals surface area contributed by atoms with Gasteiger partial charge in [-0.3, -0.25) is 9.48 Å². The molecular formula is C26H27FN6O3S2. The molecule has 1 fully saturated rings. The van der Waals surface area contributed by atoms with Crippen LogP contribution in [0.1, 0.15) is 40.8 Å². The number of aryl methyl sites for hydroxylation is 1. The van der Waals surface area contributed by atoms with Gasteiger partial charge in [0, 0.05) is 43.1 Å². The van der Waals surface area contributed by atoms with Crippen LogP contribution in [-0.2, 0) is 29.4 Å². The van der Waals surface area contributed by atoms with E-state index in [1.165, 1.54) is 34.0 Å². The number of sulfonamides is 1. The summed E-state index contributed by atoms with van der Waals surface area (Å²) in [6.07, 6.45) is 8.57. The van der Waals surface area contributed by atoms with Gasteiger partial charge in [0.25, 0.3) is 0 Å². The summed E-state index contributed by atoms with van der Waals surface area (Å²) in [7, 11) is -3.85. The van der Waals surface area contributed by atoms with Crippen LogP contribution < -0.4 is 0 Å². The molecule has 12 heteroatoms. The molecule has 0 radical (unpaired) electrons. The maximum absolute atomic E-state index is 14.1. The van der Waals surface area contributed by atoms with Crippen LogP contribution in [0.5, 0.6) is 0 Å². The van der Waals surface area contributed by atoms with E-state index in [0.29, 0.717) is 37.4 Å². The second-order valence-corrected chi connectivity index (χ2v) is 12.8. The standard InChI is InChI=1S/C26H27FN6O3S2/c1-2-9-31-16-22(15-29-31)38(35,36)32-10-7-19-12-23-18(14-30-33(23)21-5-3-20(27)4-6-21)13-26(19,17-32)24(34)25-28-8-11-37-25/h3-6,8,11,14-16,19H,2,7,9-10,12-13,17H2,1H3/t19-,26-/m0/s1. The molecule has 198 valence electrons. The minimum absolute atomic E-state index is 0.0680. The third kappa shape index (κ3) is 4.11. The quantitative estimate of drug-likeness (QED) is 0.323. The lowest BCUT2D eigenvalue weighted by Gasteiger charge is -2.48. The second-order valence-electron chi connectivity index (χ2n) is 9.97. The van der Waals surface area contributed by atoms with Gasteiger partial charge in [0.2, 0.25) is 10.0 Å². The Balaban J connectivity index is 1.39. The highest BCUT2D eigenvalue weighted by atomic mass is 32.2. The predicted molar refractivity (Wildman–Crippen MR) is 139 cm³/mol. The summed E-state index contributed by atoms with van der Waals surface area (Å²) >= 11 is 1.28. The van der Waals surface area contributed by atoms with Crippen molar-refractivity contribution >= 4 is 27.1 Å². The molecule has 3 aromatic heterocycles. The van der Waals surface area contributed by atoms with Crippen LogP contribution in [0.15, 0.2) is 59.3 Å². The number of ketones is 1. The van der Waals surface area contributed by atoms with Gasteiger partial charge in [-0.1, -0.05) is 6.92 Å². The number of fused-ring (bicyclic) bond motifs is 2. The van der Waals surface area contributed by atoms with Crippen LogP contribution in [0.3, 0.4) is 0 Å². The molecule has 1 aliphatic carbocycles. The normalized spacial score (nSPS) is 21.7. The van der Waals surface area contributed by atoms with E-state index in [9.17, 15) is 17.6 Å². The van der Waals surface area contributed by atoms with Gasteiger partial charge >= 0.3 is 0 Å². The van der Waals surface area contributed by atoms with Crippen molar-refractivity contribution in [1.82, 2.24) is 28.9 Å². The summed E-state index contributed by atoms with van der Waals surface area (Å²) in [5, 5.41) is 10.9. The number of carbonyl (C=O) groups is 1. The first-order valence-electron chi connectivity index (χ1n) is 12.6. The summed E-state index contributed by atoms with van der Waals surface area (Å²) in [6.45, 7) is 3.01. The number of nitrogens with zero attached hydrogens (tertiary/aromatic N) is 6. The largest absolute Gasteiger partial charge is 0.291 e. The number of hydrogen-bond acceptors (Lipinski definition) is 7. The highest BCUT2D eigenvalue weighted by molar-refractivity contribution is 7.89. The van der Waals surface area contributed by atoms with E-state index in [2.05, 4.69) is 15.2 Å². The van der Waals surface area contributed by atoms with Crippen molar-refractivity contribution in [3.05, 3.63) is 76.5 Å². The number of rotatable bonds is 7. The molecule has 4 heterocycles. The first-order valence-corrected chi connectivity index (χ1v) is 14.9. The smallest absolute Gasteiger partial charge is 0.246 e. The Labute approximate surface area is 224 Å². The number of Topliss-reactive ketones (excluding diaryl/α,β-unsaturated/α-hetero) is 1. The summed E-state index contributed by atoms with van der Waals surface area (Å²) in [4.78, 5) is 18.5. The molecule has 0 unspecified atom stereocenters. The van der Waals surface area contributed by atoms with Crippen LogP contribution in [-0.4, -0.2) is 56.1 Å². The van der Waals surface area contributed by atoms with E-state index in [1.807, 2.05) is 6.92 Å². The Morgan fingerprint density at radius 3 is 2.76 bits per heavy atom. The molecule has 0 amide bonds. The fourth-order valence-corrected chi connectivity index (χ4v) is 7.98. The molecule has 9 nitrogen and oxygen atoms in total. The number of hydrogen-bond donors (Lipinski definition) is 0. The number of carbonyl (C=O) groups excluding carboxylic acids is 1. The van der Waals surface area contributed by atoms with Gasteiger partial charge in [0.15, 0.2) is 10.8 Å². The summed E-state index contributed by atoms with van der Waals surface area (Å²) in [6, 6.07) is 6.15. The van der Waals surface area contributed by atoms with Gasteiger partial charge in [0.05, 0.1) is 23.5 Å². The molecular weight excluding hydrogens is 527 g/mol. The number of benzene rings is 1. The van der Waals surface area contributed by atoms with Crippen molar-refractivity contribution in [1.29, 1.82) is 0 Å². The molecule has 0 spiro atoms. The third-order valence-corrected chi connectivity index (χ3v) is 10.3. The zero-order valence-corrected chi connectivity index (χ0v) is 22.5. The Kier molecular flexibility index (Phi) is 6.28. The third-order valence-electron chi connectivity index (χ3n) is 7.72. The van der Waals surface area contributed by atoms with Crippen LogP contribution in [0.25, 0.3) is 5.69 Å². The van der Waals surface area contributed by atoms with E-state index >= 15 is 0 Å². The number of thiazole rings is 1. The van der Waals surface area contributed by atoms with Crippen LogP contribution in [0.4, 0.5) is 4.39 Å². The lowest BCUT2D eigenvalue weighted by molar-refractivity contribution is 0.0399. The topological polar surface area (TPSA) is 103 Å². The molecule has 6 rings (SSSR count). The fraction of sp³-hybridized carbons (Fsp3) is 0.385. The zero-order chi connectivity index (χ0) is 26.5. The fourth-order valence-electron chi connectivity index (χ4n) is 5.82. The SMILES string of the molecule is CCCn1cc(S(=O)(=O)N2CC[C@H]3Cc4c(cnn4-c4ccc(F)cc4)C[C@]3(C(=O)c3nccs3)C2)cn1. The molecule has 0 saturated carbocycles. The maximum atomic E-state index is 14.1. The molecule has 1 aromatic carbocycles. The molecule has 2 atom stereocenters. The summed E-state index contributed by atoms with van der Waals surface area (Å²) in [5.74, 6) is -0.549. The van der Waals surface area contributed by atoms with Crippen LogP contribution in [0.2, 0.25) is 0 Å². The minimum atomic E-state index is -3.85. The minimum Gasteiger partial charge on any atom is -0.291 e. The Morgan fingerprint density at radius 2 is 2.03 bits per heavy atom. The van der Waals surface area contributed by atoms with E-state index in [-0.39, 0.29) is 29.0 Å². The molecule has 2 aliphatic rings. The van der Waals surface area contributed by atoms with Crippen molar-refractivity contribution in [3.63, 3.8) is 0 Å². The van der Waals surface area contributed by atoms with Crippen molar-refractivity contribution in [3.8, 4) is 5.69 Å². The Bertz CT molecular complexity index is 1580. The molecule has 1 saturated heterocycles. The summed E-state index contributed by atoms with van der Waals surface area (Å²) < 4.78 is 45.8. The number of halogens is 1. The molecule has 4 aromatic rings. The van der Waals surface area contributed by atoms with Crippen LogP contribution >= 0.6 is 11.3 Å². The van der Waals surface area contributed by atoms with E-state index in [1.54, 1.807) is 45.5 Å². The zero-order valence-electron chi connectivity index (χ0n) is 20.8. The maximum Gasteiger partial charge on any atom is 0.246 e. The van der Waals surface area contributed by atoms with E-state index < -0.39 is 15.4 Å². The van der Waals surface area contributed by atoms with Crippen molar-refractivity contribution in [2.75, 3.05) is 13.1 Å². The molecule has 0 N–H and O–H groups in total. The number of piperidine rings is 1. The van der Waals surface area contributed by atoms with Gasteiger partial charge in [0.1, 0.15) is 10.7 Å². The highest BCUT2D eigenvalue weighted by Crippen LogP contribution is 2.48. The molecule has 1 aliphatic heterocycles. The van der Waals surface area contributed by atoms with Gasteiger partial charge < -0.3 is 0 Å². The lowest BCUT2D eigenvalue weighted by Crippen LogP contribution is -2.57. The lowest BCUT2D eigenvalue weighted by atomic mass is 9.61. The predicted octanol–water partition coefficient (Wildman–Crippen LogP) is 3.75. The Hall–Kier alpha value is -3.22. The first-order chi connectivity index (χ1) is 18.3. The van der Waals surface area contributed by atoms with E-state index in [4.69, 9.17) is 0 Å². The van der Waals surface area contributed by atoms with Crippen molar-refractivity contribution in [2.45, 2.75) is 44.0 Å². The van der Waals surface area contributed by atoms with Gasteiger partial charge in [-0.05, 0) is 61.4 Å². The molecule has 38 heavy (non-hydrogen) atoms.